The molecule has 0 radical (unpaired) electrons. The highest BCUT2D eigenvalue weighted by Crippen LogP contribution is 2.33. The number of piperidine rings is 1. The van der Waals surface area contributed by atoms with Crippen LogP contribution < -0.4 is 0 Å². The number of nitrogens with zero attached hydrogens (tertiary/aromatic N) is 1. The maximum absolute atomic E-state index is 14.0. The third-order valence-electron chi connectivity index (χ3n) is 2.74. The quantitative estimate of drug-likeness (QED) is 0.581. The Morgan fingerprint density at radius 3 is 2.48 bits per heavy atom. The van der Waals surface area contributed by atoms with Crippen LogP contribution in [0.1, 0.15) is 34.1 Å². The van der Waals surface area contributed by atoms with Gasteiger partial charge in [0.25, 0.3) is 5.92 Å². The fourth-order valence-electron chi connectivity index (χ4n) is 1.84. The van der Waals surface area contributed by atoms with Crippen molar-refractivity contribution in [1.82, 2.24) is 4.90 Å². The summed E-state index contributed by atoms with van der Waals surface area (Å²) in [5, 5.41) is 0. The molecule has 0 saturated carbocycles. The lowest BCUT2D eigenvalue weighted by molar-refractivity contribution is -0.137. The van der Waals surface area contributed by atoms with Gasteiger partial charge in [0.1, 0.15) is 5.60 Å². The van der Waals surface area contributed by atoms with Crippen molar-refractivity contribution in [2.75, 3.05) is 19.7 Å². The maximum Gasteiger partial charge on any atom is 0.410 e. The van der Waals surface area contributed by atoms with Crippen molar-refractivity contribution in [3.05, 3.63) is 11.6 Å². The van der Waals surface area contributed by atoms with Gasteiger partial charge in [0.15, 0.2) is 0 Å². The molecule has 0 spiro atoms. The first-order valence-electron chi connectivity index (χ1n) is 6.78. The Kier molecular flexibility index (Phi) is 5.31. The summed E-state index contributed by atoms with van der Waals surface area (Å²) in [6.07, 6.45) is -0.0570. The maximum atomic E-state index is 14.0. The second kappa shape index (κ2) is 6.41. The summed E-state index contributed by atoms with van der Waals surface area (Å²) in [6, 6.07) is 0. The molecule has 1 saturated heterocycles. The van der Waals surface area contributed by atoms with Crippen LogP contribution in [0.2, 0.25) is 0 Å². The molecule has 0 aromatic heterocycles. The van der Waals surface area contributed by atoms with Crippen LogP contribution in [0.4, 0.5) is 13.6 Å². The zero-order valence-corrected chi connectivity index (χ0v) is 12.7. The normalized spacial score (nSPS) is 20.3. The highest BCUT2D eigenvalue weighted by molar-refractivity contribution is 5.83. The minimum atomic E-state index is -3.26. The number of carbonyl (C=O) groups is 2. The fraction of sp³-hybridized carbons (Fsp3) is 0.714. The van der Waals surface area contributed by atoms with Crippen molar-refractivity contribution >= 4 is 12.1 Å². The van der Waals surface area contributed by atoms with Gasteiger partial charge in [-0.1, -0.05) is 0 Å². The number of halogens is 2. The molecule has 1 rings (SSSR count). The van der Waals surface area contributed by atoms with Gasteiger partial charge in [0.2, 0.25) is 0 Å². The topological polar surface area (TPSA) is 55.8 Å². The van der Waals surface area contributed by atoms with Crippen LogP contribution in [0.15, 0.2) is 11.6 Å². The average Bonchev–Trinajstić information content (AvgIpc) is 2.29. The molecule has 0 N–H and O–H groups in total. The van der Waals surface area contributed by atoms with Crippen molar-refractivity contribution in [3.63, 3.8) is 0 Å². The Morgan fingerprint density at radius 1 is 1.38 bits per heavy atom. The van der Waals surface area contributed by atoms with Crippen LogP contribution in [0, 0.1) is 0 Å². The summed E-state index contributed by atoms with van der Waals surface area (Å²) < 4.78 is 37.7. The summed E-state index contributed by atoms with van der Waals surface area (Å²) in [4.78, 5) is 24.0. The molecule has 0 aromatic rings. The number of rotatable bonds is 2. The van der Waals surface area contributed by atoms with E-state index in [1.807, 2.05) is 0 Å². The molecule has 5 nitrogen and oxygen atoms in total. The van der Waals surface area contributed by atoms with Gasteiger partial charge in [0, 0.05) is 18.2 Å². The van der Waals surface area contributed by atoms with Gasteiger partial charge in [-0.3, -0.25) is 0 Å². The van der Waals surface area contributed by atoms with E-state index in [1.165, 1.54) is 0 Å². The lowest BCUT2D eigenvalue weighted by Gasteiger charge is -2.35. The summed E-state index contributed by atoms with van der Waals surface area (Å²) in [5.74, 6) is -4.06. The number of likely N-dealkylation sites (tertiary alicyclic amines) is 1. The molecule has 0 atom stereocenters. The summed E-state index contributed by atoms with van der Waals surface area (Å²) in [7, 11) is 0. The Morgan fingerprint density at radius 2 is 2.00 bits per heavy atom. The highest BCUT2D eigenvalue weighted by atomic mass is 19.3. The molecule has 1 aliphatic rings. The number of esters is 1. The van der Waals surface area contributed by atoms with Crippen molar-refractivity contribution in [2.24, 2.45) is 0 Å². The second-order valence-electron chi connectivity index (χ2n) is 5.78. The van der Waals surface area contributed by atoms with E-state index in [0.29, 0.717) is 0 Å². The molecular weight excluding hydrogens is 284 g/mol. The Labute approximate surface area is 122 Å². The predicted molar refractivity (Wildman–Crippen MR) is 72.1 cm³/mol. The number of amides is 1. The molecule has 1 amide bonds. The fourth-order valence-corrected chi connectivity index (χ4v) is 1.84. The lowest BCUT2D eigenvalue weighted by atomic mass is 10.00. The zero-order valence-electron chi connectivity index (χ0n) is 12.7. The first kappa shape index (κ1) is 17.4. The van der Waals surface area contributed by atoms with Gasteiger partial charge in [0.05, 0.1) is 13.2 Å². The van der Waals surface area contributed by atoms with Crippen molar-refractivity contribution in [2.45, 2.75) is 45.6 Å². The molecule has 0 bridgehead atoms. The van der Waals surface area contributed by atoms with Crippen molar-refractivity contribution in [3.8, 4) is 0 Å². The number of hydrogen-bond acceptors (Lipinski definition) is 4. The van der Waals surface area contributed by atoms with Gasteiger partial charge in [-0.05, 0) is 34.1 Å². The van der Waals surface area contributed by atoms with E-state index in [-0.39, 0.29) is 25.1 Å². The lowest BCUT2D eigenvalue weighted by Crippen LogP contribution is -2.48. The molecule has 0 unspecified atom stereocenters. The Hall–Kier alpha value is -1.66. The van der Waals surface area contributed by atoms with Crippen LogP contribution in [-0.4, -0.2) is 48.2 Å². The molecule has 0 aromatic carbocycles. The molecular formula is C14H21F2NO4. The monoisotopic (exact) mass is 305 g/mol. The van der Waals surface area contributed by atoms with E-state index in [0.717, 1.165) is 11.0 Å². The largest absolute Gasteiger partial charge is 0.463 e. The first-order valence-corrected chi connectivity index (χ1v) is 6.78. The van der Waals surface area contributed by atoms with E-state index < -0.39 is 30.1 Å². The van der Waals surface area contributed by atoms with Crippen molar-refractivity contribution in [1.29, 1.82) is 0 Å². The number of hydrogen-bond donors (Lipinski definition) is 0. The molecule has 7 heteroatoms. The summed E-state index contributed by atoms with van der Waals surface area (Å²) >= 11 is 0. The minimum Gasteiger partial charge on any atom is -0.463 e. The van der Waals surface area contributed by atoms with Gasteiger partial charge >= 0.3 is 12.1 Å². The smallest absolute Gasteiger partial charge is 0.410 e. The Bertz CT molecular complexity index is 441. The molecule has 1 fully saturated rings. The standard InChI is InChI=1S/C14H21F2NO4/c1-5-20-11(18)8-10-6-7-17(9-14(10,15)16)12(19)21-13(2,3)4/h8H,5-7,9H2,1-4H3/b10-8+. The van der Waals surface area contributed by atoms with E-state index in [1.54, 1.807) is 27.7 Å². The van der Waals surface area contributed by atoms with E-state index in [9.17, 15) is 18.4 Å². The SMILES string of the molecule is CCOC(=O)/C=C1\CCN(C(=O)OC(C)(C)C)CC1(F)F. The molecule has 1 aliphatic heterocycles. The van der Waals surface area contributed by atoms with Crippen LogP contribution in [-0.2, 0) is 14.3 Å². The number of carbonyl (C=O) groups excluding carboxylic acids is 2. The summed E-state index contributed by atoms with van der Waals surface area (Å²) in [5.41, 5.74) is -1.06. The van der Waals surface area contributed by atoms with Gasteiger partial charge in [-0.15, -0.1) is 0 Å². The first-order chi connectivity index (χ1) is 9.55. The van der Waals surface area contributed by atoms with Crippen molar-refractivity contribution < 1.29 is 27.8 Å². The predicted octanol–water partition coefficient (Wildman–Crippen LogP) is 2.75. The number of alkyl halides is 2. The van der Waals surface area contributed by atoms with Crippen LogP contribution >= 0.6 is 0 Å². The highest BCUT2D eigenvalue weighted by Gasteiger charge is 2.43. The second-order valence-corrected chi connectivity index (χ2v) is 5.78. The van der Waals surface area contributed by atoms with E-state index in [2.05, 4.69) is 4.74 Å². The molecule has 0 aliphatic carbocycles. The van der Waals surface area contributed by atoms with Gasteiger partial charge in [-0.25, -0.2) is 9.59 Å². The minimum absolute atomic E-state index is 0.0791. The van der Waals surface area contributed by atoms with Crippen LogP contribution in [0.3, 0.4) is 0 Å². The van der Waals surface area contributed by atoms with E-state index in [4.69, 9.17) is 4.74 Å². The Balaban J connectivity index is 2.74. The molecule has 120 valence electrons. The van der Waals surface area contributed by atoms with Gasteiger partial charge < -0.3 is 14.4 Å². The third-order valence-corrected chi connectivity index (χ3v) is 2.74. The number of ether oxygens (including phenoxy) is 2. The van der Waals surface area contributed by atoms with Gasteiger partial charge in [-0.2, -0.15) is 8.78 Å². The molecule has 1 heterocycles. The summed E-state index contributed by atoms with van der Waals surface area (Å²) in [6.45, 7) is 6.00. The van der Waals surface area contributed by atoms with Crippen LogP contribution in [0.25, 0.3) is 0 Å². The zero-order chi connectivity index (χ0) is 16.3. The third kappa shape index (κ3) is 5.32. The van der Waals surface area contributed by atoms with Crippen LogP contribution in [0.5, 0.6) is 0 Å². The average molecular weight is 305 g/mol. The molecule has 21 heavy (non-hydrogen) atoms. The van der Waals surface area contributed by atoms with E-state index >= 15 is 0 Å².